The Hall–Kier alpha value is -2.46. The van der Waals surface area contributed by atoms with Gasteiger partial charge in [-0.25, -0.2) is 0 Å². The number of aliphatic carboxylic acids is 1. The van der Waals surface area contributed by atoms with Gasteiger partial charge in [-0.15, -0.1) is 0 Å². The van der Waals surface area contributed by atoms with E-state index in [-0.39, 0.29) is 5.75 Å². The third-order valence-corrected chi connectivity index (χ3v) is 1.64. The first kappa shape index (κ1) is 11.6. The molecule has 1 aromatic rings. The Labute approximate surface area is 90.7 Å². The highest BCUT2D eigenvalue weighted by Crippen LogP contribution is 2.15. The first-order valence-electron chi connectivity index (χ1n) is 4.32. The fourth-order valence-corrected chi connectivity index (χ4v) is 1.02. The minimum atomic E-state index is -1.27. The summed E-state index contributed by atoms with van der Waals surface area (Å²) in [7, 11) is 0. The molecule has 0 aromatic heterocycles. The number of ether oxygens (including phenoxy) is 1. The molecule has 0 unspecified atom stereocenters. The Bertz CT molecular complexity index is 464. The van der Waals surface area contributed by atoms with E-state index in [4.69, 9.17) is 15.4 Å². The zero-order valence-electron chi connectivity index (χ0n) is 8.16. The second-order valence-electron chi connectivity index (χ2n) is 2.83. The van der Waals surface area contributed by atoms with Crippen LogP contribution in [-0.4, -0.2) is 28.0 Å². The molecule has 0 radical (unpaired) electrons. The second kappa shape index (κ2) is 5.43. The minimum absolute atomic E-state index is 0.145. The molecule has 0 saturated carbocycles. The van der Waals surface area contributed by atoms with Gasteiger partial charge in [0.1, 0.15) is 12.2 Å². The number of hydrogen-bond donors (Lipinski definition) is 1. The van der Waals surface area contributed by atoms with Crippen LogP contribution in [0.5, 0.6) is 5.75 Å². The number of rotatable bonds is 4. The molecule has 0 bridgehead atoms. The van der Waals surface area contributed by atoms with Crippen molar-refractivity contribution in [3.05, 3.63) is 35.4 Å². The highest BCUT2D eigenvalue weighted by molar-refractivity contribution is 5.92. The van der Waals surface area contributed by atoms with E-state index in [0.29, 0.717) is 5.56 Å². The molecule has 1 aromatic carbocycles. The predicted molar refractivity (Wildman–Crippen MR) is 53.1 cm³/mol. The van der Waals surface area contributed by atoms with Crippen molar-refractivity contribution < 1.29 is 24.2 Å². The number of benzene rings is 1. The molecule has 0 aliphatic rings. The van der Waals surface area contributed by atoms with Crippen molar-refractivity contribution in [3.63, 3.8) is 0 Å². The first-order valence-corrected chi connectivity index (χ1v) is 4.32. The van der Waals surface area contributed by atoms with E-state index in [2.05, 4.69) is 4.79 Å². The lowest BCUT2D eigenvalue weighted by atomic mass is 10.2. The van der Waals surface area contributed by atoms with Gasteiger partial charge in [-0.1, -0.05) is 12.1 Å². The summed E-state index contributed by atoms with van der Waals surface area (Å²) in [6.07, 6.45) is 0.369. The van der Waals surface area contributed by atoms with Gasteiger partial charge in [0.05, 0.1) is 5.56 Å². The number of hydrogen-bond acceptors (Lipinski definition) is 3. The quantitative estimate of drug-likeness (QED) is 0.202. The normalized spacial score (nSPS) is 9.00. The predicted octanol–water partition coefficient (Wildman–Crippen LogP) is 0.715. The average Bonchev–Trinajstić information content (AvgIpc) is 2.20. The van der Waals surface area contributed by atoms with Crippen LogP contribution >= 0.6 is 0 Å². The molecule has 16 heavy (non-hydrogen) atoms. The van der Waals surface area contributed by atoms with Crippen LogP contribution in [0.25, 0.3) is 5.53 Å². The number of para-hydroxylation sites is 1. The number of carbonyl (C=O) groups excluding carboxylic acids is 1. The molecule has 0 amide bonds. The first-order chi connectivity index (χ1) is 7.63. The van der Waals surface area contributed by atoms with Gasteiger partial charge in [-0.05, 0) is 12.1 Å². The van der Waals surface area contributed by atoms with Crippen LogP contribution in [0.1, 0.15) is 12.0 Å². The third-order valence-electron chi connectivity index (χ3n) is 1.64. The topological polar surface area (TPSA) is 100 Å². The maximum absolute atomic E-state index is 11.1. The lowest BCUT2D eigenvalue weighted by Crippen LogP contribution is -2.14. The summed E-state index contributed by atoms with van der Waals surface area (Å²) in [6, 6.07) is 6.30. The van der Waals surface area contributed by atoms with E-state index in [1.54, 1.807) is 18.2 Å². The second-order valence-corrected chi connectivity index (χ2v) is 2.83. The van der Waals surface area contributed by atoms with Crippen LogP contribution in [-0.2, 0) is 9.59 Å². The molecule has 0 heterocycles. The van der Waals surface area contributed by atoms with Crippen molar-refractivity contribution >= 4 is 18.2 Å². The molecule has 0 aliphatic carbocycles. The number of esters is 1. The molecular formula is C10H8N2O4. The zero-order valence-corrected chi connectivity index (χ0v) is 8.16. The van der Waals surface area contributed by atoms with E-state index in [1.165, 1.54) is 6.07 Å². The van der Waals surface area contributed by atoms with Crippen LogP contribution in [0, 0.1) is 0 Å². The summed E-state index contributed by atoms with van der Waals surface area (Å²) in [5.41, 5.74) is 8.74. The van der Waals surface area contributed by atoms with E-state index in [9.17, 15) is 9.59 Å². The summed E-state index contributed by atoms with van der Waals surface area (Å²) in [4.78, 5) is 24.1. The van der Waals surface area contributed by atoms with Crippen molar-refractivity contribution in [2.45, 2.75) is 6.42 Å². The Morgan fingerprint density at radius 3 is 2.75 bits per heavy atom. The minimum Gasteiger partial charge on any atom is -0.481 e. The summed E-state index contributed by atoms with van der Waals surface area (Å²) in [5.74, 6) is -2.00. The summed E-state index contributed by atoms with van der Waals surface area (Å²) in [6.45, 7) is 0. The van der Waals surface area contributed by atoms with Crippen molar-refractivity contribution in [1.82, 2.24) is 0 Å². The van der Waals surface area contributed by atoms with Crippen LogP contribution in [0.4, 0.5) is 0 Å². The van der Waals surface area contributed by atoms with Crippen molar-refractivity contribution in [3.8, 4) is 5.75 Å². The van der Waals surface area contributed by atoms with Gasteiger partial charge < -0.3 is 15.4 Å². The highest BCUT2D eigenvalue weighted by atomic mass is 16.5. The maximum atomic E-state index is 11.1. The molecule has 0 saturated heterocycles. The fourth-order valence-electron chi connectivity index (χ4n) is 1.02. The van der Waals surface area contributed by atoms with Crippen LogP contribution in [0.3, 0.4) is 0 Å². The van der Waals surface area contributed by atoms with Crippen molar-refractivity contribution in [2.75, 3.05) is 0 Å². The van der Waals surface area contributed by atoms with Gasteiger partial charge in [0.25, 0.3) is 6.21 Å². The monoisotopic (exact) mass is 220 g/mol. The lowest BCUT2D eigenvalue weighted by molar-refractivity contribution is -0.145. The molecule has 0 aliphatic heterocycles. The lowest BCUT2D eigenvalue weighted by Gasteiger charge is -2.03. The number of nitrogens with zero attached hydrogens (tertiary/aromatic N) is 2. The molecule has 6 nitrogen and oxygen atoms in total. The van der Waals surface area contributed by atoms with Crippen LogP contribution in [0.2, 0.25) is 0 Å². The third kappa shape index (κ3) is 3.36. The van der Waals surface area contributed by atoms with Gasteiger partial charge in [-0.3, -0.25) is 9.59 Å². The van der Waals surface area contributed by atoms with Crippen LogP contribution < -0.4 is 4.74 Å². The summed E-state index contributed by atoms with van der Waals surface area (Å²) in [5, 5.41) is 8.37. The maximum Gasteiger partial charge on any atom is 0.322 e. The van der Waals surface area contributed by atoms with E-state index < -0.39 is 18.4 Å². The van der Waals surface area contributed by atoms with E-state index >= 15 is 0 Å². The van der Waals surface area contributed by atoms with Gasteiger partial charge in [0, 0.05) is 0 Å². The Morgan fingerprint density at radius 1 is 1.44 bits per heavy atom. The Kier molecular flexibility index (Phi) is 3.94. The molecule has 0 atom stereocenters. The van der Waals surface area contributed by atoms with Gasteiger partial charge in [0.2, 0.25) is 0 Å². The average molecular weight is 220 g/mol. The standard InChI is InChI=1S/C10H8N2O4/c11-12-6-7-3-1-2-4-8(7)16-10(15)5-9(13)14/h1-4,6H,5H2,(H,13,14). The number of carboxylic acid groups (broad SMARTS) is 1. The molecule has 0 fully saturated rings. The molecule has 0 spiro atoms. The number of carboxylic acids is 1. The highest BCUT2D eigenvalue weighted by Gasteiger charge is 2.12. The van der Waals surface area contributed by atoms with E-state index in [1.807, 2.05) is 0 Å². The van der Waals surface area contributed by atoms with Crippen molar-refractivity contribution in [2.24, 2.45) is 0 Å². The van der Waals surface area contributed by atoms with Crippen molar-refractivity contribution in [1.29, 1.82) is 0 Å². The van der Waals surface area contributed by atoms with Gasteiger partial charge in [-0.2, -0.15) is 4.79 Å². The molecule has 1 N–H and O–H groups in total. The summed E-state index contributed by atoms with van der Waals surface area (Å²) < 4.78 is 4.79. The van der Waals surface area contributed by atoms with Gasteiger partial charge >= 0.3 is 11.9 Å². The smallest absolute Gasteiger partial charge is 0.322 e. The molecular weight excluding hydrogens is 212 g/mol. The largest absolute Gasteiger partial charge is 0.481 e. The molecule has 82 valence electrons. The zero-order chi connectivity index (χ0) is 12.0. The summed E-state index contributed by atoms with van der Waals surface area (Å²) >= 11 is 0. The van der Waals surface area contributed by atoms with Crippen LogP contribution in [0.15, 0.2) is 24.3 Å². The number of carbonyl (C=O) groups is 2. The van der Waals surface area contributed by atoms with Gasteiger partial charge in [0.15, 0.2) is 0 Å². The molecule has 1 rings (SSSR count). The van der Waals surface area contributed by atoms with E-state index in [0.717, 1.165) is 6.21 Å². The molecule has 6 heteroatoms. The Balaban J connectivity index is 2.84. The Morgan fingerprint density at radius 2 is 2.12 bits per heavy atom. The fraction of sp³-hybridized carbons (Fsp3) is 0.100. The SMILES string of the molecule is [N-]=[N+]=Cc1ccccc1OC(=O)CC(=O)O.